The summed E-state index contributed by atoms with van der Waals surface area (Å²) in [5, 5.41) is 50.2. The minimum atomic E-state index is -6.24. The smallest absolute Gasteiger partial charge is 0.756 e. The fraction of sp³-hybridized carbons (Fsp3) is 0.951. The van der Waals surface area contributed by atoms with Gasteiger partial charge in [0.2, 0.25) is 0 Å². The van der Waals surface area contributed by atoms with Crippen LogP contribution in [0.25, 0.3) is 0 Å². The molecular formula is C41H78NaO13P. The molecule has 1 aliphatic carbocycles. The van der Waals surface area contributed by atoms with E-state index in [-0.39, 0.29) is 48.8 Å². The summed E-state index contributed by atoms with van der Waals surface area (Å²) in [6.07, 6.45) is 8.06. The predicted molar refractivity (Wildman–Crippen MR) is 210 cm³/mol. The molecule has 15 heteroatoms. The monoisotopic (exact) mass is 838 g/mol. The number of rotatable bonds is 36. The van der Waals surface area contributed by atoms with Crippen molar-refractivity contribution in [2.45, 2.75) is 236 Å². The molecule has 0 aromatic heterocycles. The number of ether oxygens (including phenoxy) is 2. The zero-order valence-electron chi connectivity index (χ0n) is 39.7. The first-order valence-electron chi connectivity index (χ1n) is 23.8. The van der Waals surface area contributed by atoms with Gasteiger partial charge in [-0.1, -0.05) is 168 Å². The van der Waals surface area contributed by atoms with Crippen molar-refractivity contribution >= 4 is 19.8 Å². The Balaban J connectivity index is 0.0000360. The first-order valence-corrected chi connectivity index (χ1v) is 22.8. The van der Waals surface area contributed by atoms with Gasteiger partial charge in [0.15, 0.2) is 6.08 Å². The Morgan fingerprint density at radius 1 is 0.571 bits per heavy atom. The summed E-state index contributed by atoms with van der Waals surface area (Å²) in [7, 11) is -6.24. The number of hydrogen-bond acceptors (Lipinski definition) is 13. The quantitative estimate of drug-likeness (QED) is 0.0261. The van der Waals surface area contributed by atoms with E-state index in [1.807, 2.05) is 0 Å². The van der Waals surface area contributed by atoms with Crippen molar-refractivity contribution in [3.8, 4) is 0 Å². The predicted octanol–water partition coefficient (Wildman–Crippen LogP) is 4.10. The minimum absolute atomic E-state index is 0. The van der Waals surface area contributed by atoms with E-state index in [1.165, 1.54) is 83.5 Å². The minimum Gasteiger partial charge on any atom is -0.756 e. The van der Waals surface area contributed by atoms with Crippen molar-refractivity contribution in [3.05, 3.63) is 0 Å². The number of aliphatic hydroxyl groups excluding tert-OH is 5. The topological polar surface area (TPSA) is 212 Å². The summed E-state index contributed by atoms with van der Waals surface area (Å²) in [4.78, 5) is 38.8. The van der Waals surface area contributed by atoms with E-state index in [0.29, 0.717) is 12.8 Å². The van der Waals surface area contributed by atoms with E-state index in [9.17, 15) is 44.6 Å². The van der Waals surface area contributed by atoms with Crippen LogP contribution < -0.4 is 34.5 Å². The molecule has 56 heavy (non-hydrogen) atoms. The fourth-order valence-corrected chi connectivity index (χ4v) is 7.33. The van der Waals surface area contributed by atoms with Crippen LogP contribution in [0.3, 0.4) is 0 Å². The van der Waals surface area contributed by atoms with Crippen molar-refractivity contribution in [2.24, 2.45) is 0 Å². The van der Waals surface area contributed by atoms with Crippen LogP contribution in [0.4, 0.5) is 0 Å². The third-order valence-electron chi connectivity index (χ3n) is 10.0. The summed E-state index contributed by atoms with van der Waals surface area (Å²) >= 11 is 0. The molecule has 0 heterocycles. The van der Waals surface area contributed by atoms with Gasteiger partial charge in [-0.15, -0.1) is 0 Å². The van der Waals surface area contributed by atoms with Crippen LogP contribution in [0.15, 0.2) is 0 Å². The number of phosphoric acid groups is 1. The van der Waals surface area contributed by atoms with Crippen molar-refractivity contribution in [3.63, 3.8) is 0 Å². The molecular weight excluding hydrogens is 754 g/mol. The molecule has 13 nitrogen and oxygen atoms in total. The molecule has 1 fully saturated rings. The third kappa shape index (κ3) is 27.6. The van der Waals surface area contributed by atoms with Crippen molar-refractivity contribution in [1.82, 2.24) is 0 Å². The SMILES string of the molecule is [2H]C([2H])(OC(=O)CCCCCCCCCCCCCCC)C([2H])(OC(=O)CCCCCCCCCCCCCCC)C([2H])([2H])OP(=O)([O-])OC1[C@H](O)[C@H](O)C(O)[C@H](O)[C@H]1O.[Na+]. The molecule has 0 radical (unpaired) electrons. The molecule has 1 saturated carbocycles. The van der Waals surface area contributed by atoms with E-state index in [2.05, 4.69) is 22.9 Å². The number of carbonyl (C=O) groups is 2. The van der Waals surface area contributed by atoms with Crippen molar-refractivity contribution in [1.29, 1.82) is 0 Å². The maximum absolute atomic E-state index is 13.0. The second-order valence-corrected chi connectivity index (χ2v) is 16.3. The molecule has 1 rings (SSSR count). The Morgan fingerprint density at radius 2 is 0.893 bits per heavy atom. The second-order valence-electron chi connectivity index (χ2n) is 15.0. The van der Waals surface area contributed by atoms with Gasteiger partial charge >= 0.3 is 41.5 Å². The van der Waals surface area contributed by atoms with Gasteiger partial charge in [-0.05, 0) is 12.8 Å². The summed E-state index contributed by atoms with van der Waals surface area (Å²) in [5.41, 5.74) is 0. The number of phosphoric ester groups is 1. The summed E-state index contributed by atoms with van der Waals surface area (Å²) in [6, 6.07) is 0. The van der Waals surface area contributed by atoms with Gasteiger partial charge in [0, 0.05) is 12.8 Å². The molecule has 0 aromatic rings. The Bertz CT molecular complexity index is 1210. The van der Waals surface area contributed by atoms with Gasteiger partial charge in [-0.3, -0.25) is 14.2 Å². The molecule has 0 aromatic carbocycles. The van der Waals surface area contributed by atoms with Crippen LogP contribution in [0.5, 0.6) is 0 Å². The normalized spacial score (nSPS) is 25.0. The first kappa shape index (κ1) is 46.9. The first-order chi connectivity index (χ1) is 28.3. The van der Waals surface area contributed by atoms with E-state index in [4.69, 9.17) is 16.3 Å². The van der Waals surface area contributed by atoms with E-state index in [0.717, 1.165) is 57.8 Å². The standard InChI is InChI=1S/C41H79O13P.Na/c1-3-5-7-9-11-13-15-17-19-21-23-25-27-29-34(42)51-31-33(32-52-55(49,50)54-41-39(47)37(45)36(44)38(46)40(41)48)53-35(43)30-28-26-24-22-20-18-16-14-12-10-8-6-4-2;/h33,36-41,44-48H,3-32H2,1-2H3,(H,49,50);/q;+1/p-1/t33?,36?,37-,38+,39-,40-,41?;/m1./s1/i31D2,32D2,33D;. The van der Waals surface area contributed by atoms with Crippen LogP contribution in [0.2, 0.25) is 0 Å². The molecule has 4 unspecified atom stereocenters. The zero-order valence-corrected chi connectivity index (χ0v) is 37.6. The average Bonchev–Trinajstić information content (AvgIpc) is 3.17. The second kappa shape index (κ2) is 35.6. The molecule has 0 aliphatic heterocycles. The average molecular weight is 838 g/mol. The Kier molecular flexibility index (Phi) is 29.8. The maximum atomic E-state index is 13.0. The number of hydrogen-bond donors (Lipinski definition) is 5. The van der Waals surface area contributed by atoms with E-state index >= 15 is 0 Å². The molecule has 326 valence electrons. The van der Waals surface area contributed by atoms with Crippen molar-refractivity contribution < 1.29 is 99.5 Å². The molecule has 0 amide bonds. The van der Waals surface area contributed by atoms with E-state index in [1.54, 1.807) is 0 Å². The largest absolute Gasteiger partial charge is 1.00 e. The Morgan fingerprint density at radius 3 is 1.27 bits per heavy atom. The van der Waals surface area contributed by atoms with Gasteiger partial charge in [-0.25, -0.2) is 0 Å². The van der Waals surface area contributed by atoms with Gasteiger partial charge in [0.05, 0.1) is 13.4 Å². The molecule has 5 N–H and O–H groups in total. The molecule has 8 atom stereocenters. The van der Waals surface area contributed by atoms with Crippen LogP contribution in [0.1, 0.15) is 200 Å². The van der Waals surface area contributed by atoms with Crippen LogP contribution in [-0.4, -0.2) is 93.3 Å². The summed E-state index contributed by atoms with van der Waals surface area (Å²) in [6.45, 7) is -3.68. The van der Waals surface area contributed by atoms with Crippen molar-refractivity contribution in [2.75, 3.05) is 13.1 Å². The Hall–Kier alpha value is -0.150. The van der Waals surface area contributed by atoms with Crippen LogP contribution >= 0.6 is 7.82 Å². The Labute approximate surface area is 367 Å². The zero-order chi connectivity index (χ0) is 45.2. The third-order valence-corrected chi connectivity index (χ3v) is 10.8. The summed E-state index contributed by atoms with van der Waals surface area (Å²) < 4.78 is 74.2. The van der Waals surface area contributed by atoms with E-state index < -0.39 is 82.0 Å². The molecule has 0 saturated heterocycles. The van der Waals surface area contributed by atoms with Crippen LogP contribution in [-0.2, 0) is 32.7 Å². The van der Waals surface area contributed by atoms with Gasteiger partial charge in [0.25, 0.3) is 7.82 Å². The van der Waals surface area contributed by atoms with Gasteiger partial charge in [0.1, 0.15) is 43.2 Å². The number of esters is 2. The number of aliphatic hydroxyl groups is 5. The molecule has 0 spiro atoms. The van der Waals surface area contributed by atoms with Crippen LogP contribution in [0, 0.1) is 0 Å². The number of unbranched alkanes of at least 4 members (excludes halogenated alkanes) is 24. The maximum Gasteiger partial charge on any atom is 1.00 e. The summed E-state index contributed by atoms with van der Waals surface area (Å²) in [5.74, 6) is -2.52. The van der Waals surface area contributed by atoms with Gasteiger partial charge < -0.3 is 48.9 Å². The number of carbonyl (C=O) groups excluding carboxylic acids is 2. The van der Waals surface area contributed by atoms with Gasteiger partial charge in [-0.2, -0.15) is 0 Å². The molecule has 1 aliphatic rings. The fourth-order valence-electron chi connectivity index (χ4n) is 6.55. The molecule has 0 bridgehead atoms.